The van der Waals surface area contributed by atoms with Crippen LogP contribution in [0, 0.1) is 11.7 Å². The van der Waals surface area contributed by atoms with Crippen LogP contribution in [0.2, 0.25) is 5.02 Å². The zero-order valence-electron chi connectivity index (χ0n) is 12.5. The molecule has 8 heteroatoms. The van der Waals surface area contributed by atoms with Crippen molar-refractivity contribution in [1.82, 2.24) is 14.9 Å². The molecule has 6 nitrogen and oxygen atoms in total. The van der Waals surface area contributed by atoms with Crippen LogP contribution >= 0.6 is 11.6 Å². The molecule has 0 bridgehead atoms. The normalized spacial score (nSPS) is 16.8. The van der Waals surface area contributed by atoms with Gasteiger partial charge in [0.1, 0.15) is 5.82 Å². The molecule has 23 heavy (non-hydrogen) atoms. The van der Waals surface area contributed by atoms with Crippen molar-refractivity contribution in [2.24, 2.45) is 5.92 Å². The molecule has 0 saturated carbocycles. The van der Waals surface area contributed by atoms with E-state index < -0.39 is 5.82 Å². The molecule has 2 aromatic rings. The summed E-state index contributed by atoms with van der Waals surface area (Å²) < 4.78 is 13.4. The minimum atomic E-state index is -0.535. The molecule has 0 aliphatic carbocycles. The number of H-pyrrole nitrogens is 1. The summed E-state index contributed by atoms with van der Waals surface area (Å²) >= 11 is 5.71. The van der Waals surface area contributed by atoms with Crippen molar-refractivity contribution >= 4 is 34.5 Å². The molecule has 1 aromatic carbocycles. The summed E-state index contributed by atoms with van der Waals surface area (Å²) in [7, 11) is 0. The van der Waals surface area contributed by atoms with Crippen molar-refractivity contribution < 1.29 is 14.3 Å². The topological polar surface area (TPSA) is 81.2 Å². The summed E-state index contributed by atoms with van der Waals surface area (Å²) in [4.78, 5) is 21.2. The van der Waals surface area contributed by atoms with E-state index in [0.717, 1.165) is 25.9 Å². The van der Waals surface area contributed by atoms with Gasteiger partial charge in [0, 0.05) is 12.7 Å². The minimum Gasteiger partial charge on any atom is -0.396 e. The van der Waals surface area contributed by atoms with Gasteiger partial charge < -0.3 is 10.1 Å². The van der Waals surface area contributed by atoms with E-state index >= 15 is 0 Å². The molecular formula is C15H18ClFN4O2. The molecule has 0 unspecified atom stereocenters. The molecule has 124 valence electrons. The molecule has 1 saturated heterocycles. The van der Waals surface area contributed by atoms with E-state index in [0.29, 0.717) is 17.0 Å². The molecule has 3 N–H and O–H groups in total. The Kier molecular flexibility index (Phi) is 4.79. The average molecular weight is 341 g/mol. The van der Waals surface area contributed by atoms with Gasteiger partial charge in [0.2, 0.25) is 11.9 Å². The first-order valence-electron chi connectivity index (χ1n) is 7.53. The number of hydrogen-bond donors (Lipinski definition) is 3. The van der Waals surface area contributed by atoms with Gasteiger partial charge in [-0.25, -0.2) is 9.37 Å². The molecule has 1 amide bonds. The first-order chi connectivity index (χ1) is 11.0. The van der Waals surface area contributed by atoms with Gasteiger partial charge in [-0.1, -0.05) is 11.6 Å². The lowest BCUT2D eigenvalue weighted by Crippen LogP contribution is -2.39. The summed E-state index contributed by atoms with van der Waals surface area (Å²) in [5.74, 6) is -0.105. The van der Waals surface area contributed by atoms with Gasteiger partial charge in [-0.2, -0.15) is 0 Å². The number of rotatable bonds is 4. The predicted molar refractivity (Wildman–Crippen MR) is 85.9 cm³/mol. The van der Waals surface area contributed by atoms with Crippen LogP contribution in [0.1, 0.15) is 12.8 Å². The van der Waals surface area contributed by atoms with Crippen LogP contribution in [0.3, 0.4) is 0 Å². The van der Waals surface area contributed by atoms with E-state index in [2.05, 4.69) is 15.3 Å². The van der Waals surface area contributed by atoms with E-state index in [-0.39, 0.29) is 30.0 Å². The minimum absolute atomic E-state index is 0.00590. The third-order valence-electron chi connectivity index (χ3n) is 4.11. The lowest BCUT2D eigenvalue weighted by Gasteiger charge is -2.30. The Labute approximate surface area is 137 Å². The van der Waals surface area contributed by atoms with E-state index in [4.69, 9.17) is 16.7 Å². The lowest BCUT2D eigenvalue weighted by molar-refractivity contribution is -0.117. The molecule has 0 spiro atoms. The number of amides is 1. The highest BCUT2D eigenvalue weighted by Gasteiger charge is 2.20. The fourth-order valence-electron chi connectivity index (χ4n) is 2.77. The Morgan fingerprint density at radius 3 is 2.91 bits per heavy atom. The third kappa shape index (κ3) is 3.80. The number of likely N-dealkylation sites (tertiary alicyclic amines) is 1. The van der Waals surface area contributed by atoms with Crippen LogP contribution in [-0.2, 0) is 4.79 Å². The number of aliphatic hydroxyl groups excluding tert-OH is 1. The van der Waals surface area contributed by atoms with Crippen molar-refractivity contribution in [3.05, 3.63) is 23.0 Å². The number of aliphatic hydroxyl groups is 1. The molecule has 3 rings (SSSR count). The quantitative estimate of drug-likeness (QED) is 0.795. The van der Waals surface area contributed by atoms with Crippen LogP contribution in [0.25, 0.3) is 11.0 Å². The highest BCUT2D eigenvalue weighted by atomic mass is 35.5. The number of halogens is 2. The first kappa shape index (κ1) is 16.2. The molecule has 2 heterocycles. The number of nitrogens with one attached hydrogen (secondary N) is 2. The predicted octanol–water partition coefficient (Wildman–Crippen LogP) is 2.00. The average Bonchev–Trinajstić information content (AvgIpc) is 2.89. The molecule has 0 radical (unpaired) electrons. The first-order valence-corrected chi connectivity index (χ1v) is 7.91. The zero-order chi connectivity index (χ0) is 16.4. The number of carbonyl (C=O) groups is 1. The Bertz CT molecular complexity index is 674. The fourth-order valence-corrected chi connectivity index (χ4v) is 2.92. The van der Waals surface area contributed by atoms with E-state index in [1.54, 1.807) is 0 Å². The maximum Gasteiger partial charge on any atom is 0.240 e. The van der Waals surface area contributed by atoms with Gasteiger partial charge >= 0.3 is 0 Å². The standard InChI is InChI=1S/C15H18ClFN4O2/c16-10-5-12-13(6-11(10)17)19-15(18-12)20-14(23)7-21-3-1-9(8-22)2-4-21/h5-6,9,22H,1-4,7-8H2,(H2,18,19,20,23). The Hall–Kier alpha value is -1.70. The van der Waals surface area contributed by atoms with E-state index in [1.807, 2.05) is 4.90 Å². The number of fused-ring (bicyclic) bond motifs is 1. The Morgan fingerprint density at radius 1 is 1.48 bits per heavy atom. The van der Waals surface area contributed by atoms with Gasteiger partial charge in [0.25, 0.3) is 0 Å². The Balaban J connectivity index is 1.60. The monoisotopic (exact) mass is 340 g/mol. The SMILES string of the molecule is O=C(CN1CCC(CO)CC1)Nc1nc2cc(Cl)c(F)cc2[nH]1. The number of aromatic amines is 1. The third-order valence-corrected chi connectivity index (χ3v) is 4.40. The summed E-state index contributed by atoms with van der Waals surface area (Å²) in [6.45, 7) is 2.06. The maximum absolute atomic E-state index is 13.4. The molecule has 1 aliphatic rings. The van der Waals surface area contributed by atoms with Crippen LogP contribution in [0.4, 0.5) is 10.3 Å². The number of piperidine rings is 1. The van der Waals surface area contributed by atoms with Crippen LogP contribution in [0.15, 0.2) is 12.1 Å². The van der Waals surface area contributed by atoms with Crippen molar-refractivity contribution in [3.63, 3.8) is 0 Å². The van der Waals surface area contributed by atoms with Crippen LogP contribution in [-0.4, -0.2) is 52.1 Å². The van der Waals surface area contributed by atoms with Gasteiger partial charge in [0.05, 0.1) is 22.6 Å². The highest BCUT2D eigenvalue weighted by Crippen LogP contribution is 2.22. The summed E-state index contributed by atoms with van der Waals surface area (Å²) in [5.41, 5.74) is 0.974. The largest absolute Gasteiger partial charge is 0.396 e. The number of imidazole rings is 1. The molecular weight excluding hydrogens is 323 g/mol. The van der Waals surface area contributed by atoms with Gasteiger partial charge in [-0.15, -0.1) is 0 Å². The number of benzene rings is 1. The summed E-state index contributed by atoms with van der Waals surface area (Å²) in [6.07, 6.45) is 1.79. The smallest absolute Gasteiger partial charge is 0.240 e. The van der Waals surface area contributed by atoms with Crippen molar-refractivity contribution in [2.75, 3.05) is 31.6 Å². The van der Waals surface area contributed by atoms with Crippen molar-refractivity contribution in [2.45, 2.75) is 12.8 Å². The van der Waals surface area contributed by atoms with E-state index in [9.17, 15) is 9.18 Å². The van der Waals surface area contributed by atoms with Gasteiger partial charge in [-0.05, 0) is 37.9 Å². The van der Waals surface area contributed by atoms with Crippen LogP contribution in [0.5, 0.6) is 0 Å². The van der Waals surface area contributed by atoms with Crippen molar-refractivity contribution in [3.8, 4) is 0 Å². The zero-order valence-corrected chi connectivity index (χ0v) is 13.2. The number of carbonyl (C=O) groups excluding carboxylic acids is 1. The number of anilines is 1. The number of nitrogens with zero attached hydrogens (tertiary/aromatic N) is 2. The second-order valence-electron chi connectivity index (χ2n) is 5.82. The van der Waals surface area contributed by atoms with E-state index in [1.165, 1.54) is 12.1 Å². The van der Waals surface area contributed by atoms with Gasteiger partial charge in [-0.3, -0.25) is 15.0 Å². The molecule has 1 fully saturated rings. The fraction of sp³-hybridized carbons (Fsp3) is 0.467. The highest BCUT2D eigenvalue weighted by molar-refractivity contribution is 6.31. The molecule has 0 atom stereocenters. The molecule has 1 aromatic heterocycles. The second kappa shape index (κ2) is 6.82. The van der Waals surface area contributed by atoms with Crippen molar-refractivity contribution in [1.29, 1.82) is 0 Å². The van der Waals surface area contributed by atoms with Gasteiger partial charge in [0.15, 0.2) is 0 Å². The number of aromatic nitrogens is 2. The molecule has 1 aliphatic heterocycles. The van der Waals surface area contributed by atoms with Crippen LogP contribution < -0.4 is 5.32 Å². The second-order valence-corrected chi connectivity index (χ2v) is 6.23. The Morgan fingerprint density at radius 2 is 2.22 bits per heavy atom. The lowest BCUT2D eigenvalue weighted by atomic mass is 9.98. The number of hydrogen-bond acceptors (Lipinski definition) is 4. The summed E-state index contributed by atoms with van der Waals surface area (Å²) in [5, 5.41) is 11.8. The maximum atomic E-state index is 13.4. The summed E-state index contributed by atoms with van der Waals surface area (Å²) in [6, 6.07) is 2.66.